The summed E-state index contributed by atoms with van der Waals surface area (Å²) in [6.07, 6.45) is 3.09. The Morgan fingerprint density at radius 2 is 2.19 bits per heavy atom. The molecule has 1 atom stereocenters. The highest BCUT2D eigenvalue weighted by atomic mass is 32.2. The van der Waals surface area contributed by atoms with Crippen molar-refractivity contribution in [1.29, 1.82) is 0 Å². The Labute approximate surface area is 100 Å². The minimum Gasteiger partial charge on any atom is -0.478 e. The molecule has 1 aromatic rings. The minimum absolute atomic E-state index is 0.285. The van der Waals surface area contributed by atoms with Crippen LogP contribution in [0.4, 0.5) is 5.69 Å². The molecule has 0 radical (unpaired) electrons. The fourth-order valence-electron chi connectivity index (χ4n) is 1.43. The molecule has 0 aliphatic carbocycles. The standard InChI is InChI=1S/C12H17NO2S/c1-9(7-8-16-2)13-11-6-4-3-5-10(11)12(14)15/h3-6,9,13H,7-8H2,1-2H3,(H,14,15). The third-order valence-corrected chi connectivity index (χ3v) is 2.96. The highest BCUT2D eigenvalue weighted by Gasteiger charge is 2.10. The van der Waals surface area contributed by atoms with Gasteiger partial charge in [-0.3, -0.25) is 0 Å². The number of carbonyl (C=O) groups is 1. The van der Waals surface area contributed by atoms with Gasteiger partial charge in [0, 0.05) is 11.7 Å². The number of para-hydroxylation sites is 1. The molecule has 16 heavy (non-hydrogen) atoms. The van der Waals surface area contributed by atoms with E-state index in [4.69, 9.17) is 5.11 Å². The third-order valence-electron chi connectivity index (χ3n) is 2.31. The summed E-state index contributed by atoms with van der Waals surface area (Å²) in [6.45, 7) is 2.06. The van der Waals surface area contributed by atoms with Crippen LogP contribution >= 0.6 is 11.8 Å². The van der Waals surface area contributed by atoms with Crippen molar-refractivity contribution in [2.24, 2.45) is 0 Å². The van der Waals surface area contributed by atoms with Gasteiger partial charge in [-0.05, 0) is 37.5 Å². The van der Waals surface area contributed by atoms with Gasteiger partial charge in [0.1, 0.15) is 0 Å². The summed E-state index contributed by atoms with van der Waals surface area (Å²) in [4.78, 5) is 11.0. The number of carboxylic acid groups (broad SMARTS) is 1. The predicted octanol–water partition coefficient (Wildman–Crippen LogP) is 2.94. The van der Waals surface area contributed by atoms with E-state index in [1.807, 2.05) is 6.07 Å². The number of hydrogen-bond acceptors (Lipinski definition) is 3. The molecular formula is C12H17NO2S. The first-order valence-corrected chi connectivity index (χ1v) is 6.62. The van der Waals surface area contributed by atoms with Crippen molar-refractivity contribution >= 4 is 23.4 Å². The van der Waals surface area contributed by atoms with Crippen LogP contribution in [0, 0.1) is 0 Å². The van der Waals surface area contributed by atoms with Gasteiger partial charge in [0.2, 0.25) is 0 Å². The summed E-state index contributed by atoms with van der Waals surface area (Å²) < 4.78 is 0. The summed E-state index contributed by atoms with van der Waals surface area (Å²) in [6, 6.07) is 7.29. The van der Waals surface area contributed by atoms with E-state index in [-0.39, 0.29) is 6.04 Å². The van der Waals surface area contributed by atoms with E-state index < -0.39 is 5.97 Å². The summed E-state index contributed by atoms with van der Waals surface area (Å²) in [5.74, 6) is 0.184. The fraction of sp³-hybridized carbons (Fsp3) is 0.417. The lowest BCUT2D eigenvalue weighted by Gasteiger charge is -2.16. The SMILES string of the molecule is CSCCC(C)Nc1ccccc1C(=O)O. The summed E-state index contributed by atoms with van der Waals surface area (Å²) in [5, 5.41) is 12.2. The van der Waals surface area contributed by atoms with Crippen LogP contribution in [0.15, 0.2) is 24.3 Å². The molecule has 0 bridgehead atoms. The number of benzene rings is 1. The summed E-state index contributed by atoms with van der Waals surface area (Å²) in [7, 11) is 0. The number of hydrogen-bond donors (Lipinski definition) is 2. The fourth-order valence-corrected chi connectivity index (χ4v) is 2.02. The lowest BCUT2D eigenvalue weighted by atomic mass is 10.1. The van der Waals surface area contributed by atoms with Gasteiger partial charge in [0.15, 0.2) is 0 Å². The number of aromatic carboxylic acids is 1. The van der Waals surface area contributed by atoms with Crippen molar-refractivity contribution in [3.05, 3.63) is 29.8 Å². The zero-order chi connectivity index (χ0) is 12.0. The van der Waals surface area contributed by atoms with E-state index in [2.05, 4.69) is 18.5 Å². The number of carboxylic acids is 1. The molecule has 0 spiro atoms. The van der Waals surface area contributed by atoms with E-state index in [1.165, 1.54) is 0 Å². The van der Waals surface area contributed by atoms with Crippen LogP contribution in [-0.4, -0.2) is 29.1 Å². The van der Waals surface area contributed by atoms with Gasteiger partial charge in [-0.15, -0.1) is 0 Å². The topological polar surface area (TPSA) is 49.3 Å². The van der Waals surface area contributed by atoms with Crippen LogP contribution in [0.25, 0.3) is 0 Å². The van der Waals surface area contributed by atoms with Gasteiger partial charge in [0.05, 0.1) is 5.56 Å². The molecule has 0 heterocycles. The number of rotatable bonds is 6. The normalized spacial score (nSPS) is 12.1. The van der Waals surface area contributed by atoms with Crippen LogP contribution in [0.2, 0.25) is 0 Å². The third kappa shape index (κ3) is 3.77. The maximum Gasteiger partial charge on any atom is 0.337 e. The van der Waals surface area contributed by atoms with Gasteiger partial charge in [-0.25, -0.2) is 4.79 Å². The van der Waals surface area contributed by atoms with Crippen LogP contribution in [-0.2, 0) is 0 Å². The lowest BCUT2D eigenvalue weighted by molar-refractivity contribution is 0.0698. The van der Waals surface area contributed by atoms with E-state index in [1.54, 1.807) is 30.0 Å². The molecule has 1 rings (SSSR count). The van der Waals surface area contributed by atoms with Gasteiger partial charge >= 0.3 is 5.97 Å². The molecule has 1 unspecified atom stereocenters. The maximum absolute atomic E-state index is 11.0. The Balaban J connectivity index is 2.69. The van der Waals surface area contributed by atoms with Crippen molar-refractivity contribution in [2.45, 2.75) is 19.4 Å². The molecule has 0 amide bonds. The molecule has 3 nitrogen and oxygen atoms in total. The molecule has 0 aliphatic rings. The molecule has 1 aromatic carbocycles. The van der Waals surface area contributed by atoms with Crippen molar-refractivity contribution in [2.75, 3.05) is 17.3 Å². The number of thioether (sulfide) groups is 1. The maximum atomic E-state index is 11.0. The number of anilines is 1. The Morgan fingerprint density at radius 1 is 1.50 bits per heavy atom. The van der Waals surface area contributed by atoms with E-state index in [0.717, 1.165) is 12.2 Å². The zero-order valence-electron chi connectivity index (χ0n) is 9.56. The molecule has 88 valence electrons. The van der Waals surface area contributed by atoms with E-state index in [0.29, 0.717) is 11.3 Å². The Kier molecular flexibility index (Phi) is 5.19. The smallest absolute Gasteiger partial charge is 0.337 e. The predicted molar refractivity (Wildman–Crippen MR) is 69.5 cm³/mol. The monoisotopic (exact) mass is 239 g/mol. The second kappa shape index (κ2) is 6.43. The average molecular weight is 239 g/mol. The highest BCUT2D eigenvalue weighted by molar-refractivity contribution is 7.98. The van der Waals surface area contributed by atoms with Crippen LogP contribution < -0.4 is 5.32 Å². The van der Waals surface area contributed by atoms with Gasteiger partial charge in [-0.2, -0.15) is 11.8 Å². The summed E-state index contributed by atoms with van der Waals surface area (Å²) in [5.41, 5.74) is 1.03. The number of nitrogens with one attached hydrogen (secondary N) is 1. The first-order valence-electron chi connectivity index (χ1n) is 5.23. The molecule has 0 fully saturated rings. The van der Waals surface area contributed by atoms with Gasteiger partial charge in [-0.1, -0.05) is 12.1 Å². The van der Waals surface area contributed by atoms with Crippen molar-refractivity contribution in [1.82, 2.24) is 0 Å². The molecule has 0 aliphatic heterocycles. The first-order chi connectivity index (χ1) is 7.65. The van der Waals surface area contributed by atoms with Crippen molar-refractivity contribution in [3.8, 4) is 0 Å². The Hall–Kier alpha value is -1.16. The molecule has 0 saturated heterocycles. The highest BCUT2D eigenvalue weighted by Crippen LogP contribution is 2.17. The van der Waals surface area contributed by atoms with Crippen LogP contribution in [0.5, 0.6) is 0 Å². The second-order valence-electron chi connectivity index (χ2n) is 3.68. The Bertz CT molecular complexity index is 355. The van der Waals surface area contributed by atoms with Crippen LogP contribution in [0.1, 0.15) is 23.7 Å². The zero-order valence-corrected chi connectivity index (χ0v) is 10.4. The minimum atomic E-state index is -0.889. The molecule has 0 saturated carbocycles. The average Bonchev–Trinajstić information content (AvgIpc) is 2.27. The molecule has 2 N–H and O–H groups in total. The quantitative estimate of drug-likeness (QED) is 0.801. The van der Waals surface area contributed by atoms with Crippen molar-refractivity contribution < 1.29 is 9.90 Å². The lowest BCUT2D eigenvalue weighted by Crippen LogP contribution is -2.18. The largest absolute Gasteiger partial charge is 0.478 e. The first kappa shape index (κ1) is 12.9. The van der Waals surface area contributed by atoms with Gasteiger partial charge in [0.25, 0.3) is 0 Å². The molecule has 0 aromatic heterocycles. The Morgan fingerprint density at radius 3 is 2.81 bits per heavy atom. The molecule has 4 heteroatoms. The van der Waals surface area contributed by atoms with E-state index >= 15 is 0 Å². The van der Waals surface area contributed by atoms with Crippen LogP contribution in [0.3, 0.4) is 0 Å². The second-order valence-corrected chi connectivity index (χ2v) is 4.66. The van der Waals surface area contributed by atoms with E-state index in [9.17, 15) is 4.79 Å². The van der Waals surface area contributed by atoms with Gasteiger partial charge < -0.3 is 10.4 Å². The summed E-state index contributed by atoms with van der Waals surface area (Å²) >= 11 is 1.79. The molecular weight excluding hydrogens is 222 g/mol. The van der Waals surface area contributed by atoms with Crippen molar-refractivity contribution in [3.63, 3.8) is 0 Å².